The van der Waals surface area contributed by atoms with E-state index in [1.807, 2.05) is 0 Å². The molecule has 0 saturated heterocycles. The van der Waals surface area contributed by atoms with Crippen LogP contribution in [0, 0.1) is 10.8 Å². The third kappa shape index (κ3) is 14.7. The van der Waals surface area contributed by atoms with E-state index >= 15 is 0 Å². The van der Waals surface area contributed by atoms with Crippen LogP contribution in [0.1, 0.15) is 258 Å². The predicted molar refractivity (Wildman–Crippen MR) is 418 cm³/mol. The summed E-state index contributed by atoms with van der Waals surface area (Å²) in [5.41, 5.74) is 16.4. The van der Waals surface area contributed by atoms with Crippen molar-refractivity contribution in [1.82, 2.24) is 9.13 Å². The van der Waals surface area contributed by atoms with E-state index in [1.165, 1.54) is 33.4 Å². The normalized spacial score (nSPS) is 13.6. The quantitative estimate of drug-likeness (QED) is 0.106. The number of hydrogen-bond acceptors (Lipinski definition) is 4. The Morgan fingerprint density at radius 2 is 0.567 bits per heavy atom. The lowest BCUT2D eigenvalue weighted by Gasteiger charge is -2.36. The number of phenolic OH excluding ortho intramolecular Hbond substituents is 2. The molecule has 2 heterocycles. The molecule has 0 aliphatic heterocycles. The Bertz CT molecular complexity index is 4190. The van der Waals surface area contributed by atoms with Gasteiger partial charge in [0.25, 0.3) is 0 Å². The molecular formula is C91H118N2O4. The molecule has 0 atom stereocenters. The Balaban J connectivity index is 1.22. The molecule has 2 N–H and O–H groups in total. The van der Waals surface area contributed by atoms with Gasteiger partial charge < -0.3 is 28.8 Å². The molecule has 0 saturated carbocycles. The highest BCUT2D eigenvalue weighted by Gasteiger charge is 2.38. The molecule has 0 amide bonds. The Morgan fingerprint density at radius 1 is 0.309 bits per heavy atom. The summed E-state index contributed by atoms with van der Waals surface area (Å²) in [6.07, 6.45) is 2.17. The third-order valence-corrected chi connectivity index (χ3v) is 20.2. The third-order valence-electron chi connectivity index (χ3n) is 20.2. The van der Waals surface area contributed by atoms with E-state index in [0.29, 0.717) is 29.3 Å². The van der Waals surface area contributed by atoms with Crippen LogP contribution in [-0.2, 0) is 43.3 Å². The number of fused-ring (bicyclic) bond motifs is 6. The van der Waals surface area contributed by atoms with Crippen molar-refractivity contribution in [2.24, 2.45) is 10.8 Å². The van der Waals surface area contributed by atoms with Gasteiger partial charge in [-0.05, 0) is 172 Å². The van der Waals surface area contributed by atoms with E-state index in [0.717, 1.165) is 89.8 Å². The molecule has 2 aromatic heterocycles. The molecule has 6 nitrogen and oxygen atoms in total. The molecule has 0 radical (unpaired) electrons. The first-order valence-corrected chi connectivity index (χ1v) is 35.9. The molecule has 97 heavy (non-hydrogen) atoms. The lowest BCUT2D eigenvalue weighted by Crippen LogP contribution is -2.27. The number of ether oxygens (including phenoxy) is 2. The molecule has 8 aromatic carbocycles. The van der Waals surface area contributed by atoms with Crippen LogP contribution in [0.4, 0.5) is 0 Å². The Hall–Kier alpha value is -7.44. The first-order chi connectivity index (χ1) is 44.5. The van der Waals surface area contributed by atoms with Crippen molar-refractivity contribution < 1.29 is 19.7 Å². The number of phenols is 2. The van der Waals surface area contributed by atoms with Crippen molar-refractivity contribution in [2.45, 2.75) is 256 Å². The Morgan fingerprint density at radius 3 is 0.814 bits per heavy atom. The van der Waals surface area contributed by atoms with Crippen molar-refractivity contribution in [3.05, 3.63) is 178 Å². The lowest BCUT2D eigenvalue weighted by atomic mass is 9.71. The van der Waals surface area contributed by atoms with E-state index in [-0.39, 0.29) is 68.0 Å². The summed E-state index contributed by atoms with van der Waals surface area (Å²) in [4.78, 5) is 0. The smallest absolute Gasteiger partial charge is 0.151 e. The van der Waals surface area contributed by atoms with E-state index in [2.05, 4.69) is 336 Å². The molecule has 0 aliphatic rings. The van der Waals surface area contributed by atoms with Gasteiger partial charge in [0.1, 0.15) is 11.4 Å². The minimum Gasteiger partial charge on any atom is -0.505 e. The fraction of sp³-hybridized carbons (Fsp3) is 0.473. The van der Waals surface area contributed by atoms with Crippen LogP contribution in [0.15, 0.2) is 133 Å². The lowest BCUT2D eigenvalue weighted by molar-refractivity contribution is 0.229. The number of hydrogen-bond donors (Lipinski definition) is 2. The standard InChI is InChI=1S/C91H118N2O4/c1-82(2,3)54-90(25,26)70-52-64(56-32-29-34-58(46-56)84(7,8)9)78(94)76(92-72-40-36-60(86(13,14)15)48-66(72)67-49-61(87(16,17)18)37-41-73(67)92)80(70)96-44-31-45-97-81-71(91(27,28)55-83(4,5)6)53-65(57-33-30-35-59(47-57)85(10,11)12)79(95)77(81)93-74-42-38-62(88(19,20)21)50-68(74)69-51-63(89(22,23)24)39-43-75(69)93/h29-30,32-43,46-53,94-95H,31,44-45,54-55H2,1-28H3. The van der Waals surface area contributed by atoms with Crippen molar-refractivity contribution in [1.29, 1.82) is 0 Å². The molecule has 0 bridgehead atoms. The predicted octanol–water partition coefficient (Wildman–Crippen LogP) is 25.7. The Kier molecular flexibility index (Phi) is 18.5. The second-order valence-electron chi connectivity index (χ2n) is 38.5. The van der Waals surface area contributed by atoms with Gasteiger partial charge in [0.15, 0.2) is 23.0 Å². The van der Waals surface area contributed by atoms with Crippen LogP contribution in [0.5, 0.6) is 23.0 Å². The SMILES string of the molecule is CC(C)(C)CC(C)(C)c1cc(-c2cccc(C(C)(C)C)c2)c(O)c(-n2c3ccc(C(C)(C)C)cc3c3cc(C(C)(C)C)ccc32)c1OCCCOc1c(C(C)(C)CC(C)(C)C)cc(-c2cccc(C(C)(C)C)c2)c(O)c1-n1c2ccc(C(C)(C)C)cc2c2cc(C(C)(C)C)ccc21. The van der Waals surface area contributed by atoms with Gasteiger partial charge in [0.2, 0.25) is 0 Å². The van der Waals surface area contributed by atoms with E-state index in [4.69, 9.17) is 9.47 Å². The fourth-order valence-electron chi connectivity index (χ4n) is 15.4. The maximum absolute atomic E-state index is 13.8. The van der Waals surface area contributed by atoms with Gasteiger partial charge in [-0.3, -0.25) is 0 Å². The van der Waals surface area contributed by atoms with Crippen molar-refractivity contribution in [2.75, 3.05) is 13.2 Å². The monoisotopic (exact) mass is 1300 g/mol. The van der Waals surface area contributed by atoms with Gasteiger partial charge in [-0.1, -0.05) is 267 Å². The van der Waals surface area contributed by atoms with Crippen LogP contribution >= 0.6 is 0 Å². The Labute approximate surface area is 584 Å². The number of rotatable bonds is 14. The fourth-order valence-corrected chi connectivity index (χ4v) is 15.4. The van der Waals surface area contributed by atoms with Gasteiger partial charge >= 0.3 is 0 Å². The maximum Gasteiger partial charge on any atom is 0.151 e. The number of aromatic hydroxyl groups is 2. The van der Waals surface area contributed by atoms with E-state index in [9.17, 15) is 10.2 Å². The summed E-state index contributed by atoms with van der Waals surface area (Å²) in [6, 6.07) is 49.6. The zero-order valence-electron chi connectivity index (χ0n) is 64.8. The largest absolute Gasteiger partial charge is 0.505 e. The molecule has 0 aliphatic carbocycles. The molecule has 10 aromatic rings. The van der Waals surface area contributed by atoms with Gasteiger partial charge in [-0.25, -0.2) is 0 Å². The van der Waals surface area contributed by atoms with Gasteiger partial charge in [0.05, 0.1) is 35.3 Å². The second kappa shape index (κ2) is 24.8. The number of aromatic nitrogens is 2. The zero-order valence-corrected chi connectivity index (χ0v) is 64.8. The summed E-state index contributed by atoms with van der Waals surface area (Å²) < 4.78 is 19.8. The van der Waals surface area contributed by atoms with Crippen molar-refractivity contribution in [3.8, 4) is 56.6 Å². The van der Waals surface area contributed by atoms with Gasteiger partial charge in [-0.2, -0.15) is 0 Å². The molecule has 0 fully saturated rings. The summed E-state index contributed by atoms with van der Waals surface area (Å²) >= 11 is 0. The average molecular weight is 1300 g/mol. The minimum absolute atomic E-state index is 0.0641. The minimum atomic E-state index is -0.446. The summed E-state index contributed by atoms with van der Waals surface area (Å²) in [6.45, 7) is 64.7. The van der Waals surface area contributed by atoms with Crippen LogP contribution < -0.4 is 9.47 Å². The van der Waals surface area contributed by atoms with Crippen molar-refractivity contribution >= 4 is 43.6 Å². The first-order valence-electron chi connectivity index (χ1n) is 35.9. The molecule has 10 rings (SSSR count). The molecular weight excluding hydrogens is 1190 g/mol. The molecule has 516 valence electrons. The highest BCUT2D eigenvalue weighted by Crippen LogP contribution is 2.55. The summed E-state index contributed by atoms with van der Waals surface area (Å²) in [5.74, 6) is 1.65. The summed E-state index contributed by atoms with van der Waals surface area (Å²) in [7, 11) is 0. The topological polar surface area (TPSA) is 68.8 Å². The van der Waals surface area contributed by atoms with Crippen LogP contribution in [-0.4, -0.2) is 32.6 Å². The second-order valence-corrected chi connectivity index (χ2v) is 38.5. The van der Waals surface area contributed by atoms with Gasteiger partial charge in [0, 0.05) is 50.2 Å². The van der Waals surface area contributed by atoms with Crippen LogP contribution in [0.3, 0.4) is 0 Å². The van der Waals surface area contributed by atoms with E-state index in [1.54, 1.807) is 0 Å². The summed E-state index contributed by atoms with van der Waals surface area (Å²) in [5, 5.41) is 32.0. The highest BCUT2D eigenvalue weighted by atomic mass is 16.5. The van der Waals surface area contributed by atoms with Crippen LogP contribution in [0.2, 0.25) is 0 Å². The van der Waals surface area contributed by atoms with Crippen LogP contribution in [0.25, 0.3) is 77.2 Å². The highest BCUT2D eigenvalue weighted by molar-refractivity contribution is 6.12. The molecule has 6 heteroatoms. The van der Waals surface area contributed by atoms with Gasteiger partial charge in [-0.15, -0.1) is 0 Å². The van der Waals surface area contributed by atoms with Crippen molar-refractivity contribution in [3.63, 3.8) is 0 Å². The van der Waals surface area contributed by atoms with E-state index < -0.39 is 10.8 Å². The average Bonchev–Trinajstić information content (AvgIpc) is 1.62. The molecule has 0 spiro atoms. The zero-order chi connectivity index (χ0) is 71.7. The number of benzene rings is 8. The number of nitrogens with zero attached hydrogens (tertiary/aromatic N) is 2. The molecule has 0 unspecified atom stereocenters. The first kappa shape index (κ1) is 72.3. The maximum atomic E-state index is 13.8.